The number of nitrogens with one attached hydrogen (secondary N) is 1. The lowest BCUT2D eigenvalue weighted by Crippen LogP contribution is -2.03. The molecule has 0 saturated heterocycles. The molecule has 3 aromatic rings. The molecule has 26 heavy (non-hydrogen) atoms. The topological polar surface area (TPSA) is 47.0 Å². The van der Waals surface area contributed by atoms with E-state index in [4.69, 9.17) is 4.74 Å². The number of rotatable bonds is 6. The summed E-state index contributed by atoms with van der Waals surface area (Å²) in [5.74, 6) is -0.423. The lowest BCUT2D eigenvalue weighted by molar-refractivity contribution is 0.280. The second kappa shape index (κ2) is 8.19. The van der Waals surface area contributed by atoms with Crippen LogP contribution < -0.4 is 9.46 Å². The van der Waals surface area contributed by atoms with E-state index in [0.717, 1.165) is 22.2 Å². The van der Waals surface area contributed by atoms with E-state index in [1.807, 2.05) is 57.2 Å². The van der Waals surface area contributed by atoms with Crippen molar-refractivity contribution in [2.75, 3.05) is 4.72 Å². The van der Waals surface area contributed by atoms with E-state index in [1.165, 1.54) is 23.1 Å². The molecular weight excluding hydrogens is 349 g/mol. The fourth-order valence-corrected chi connectivity index (χ4v) is 3.29. The van der Waals surface area contributed by atoms with Crippen LogP contribution in [0.25, 0.3) is 0 Å². The van der Waals surface area contributed by atoms with Gasteiger partial charge < -0.3 is 9.46 Å². The SMILES string of the molecule is Cc1cc(C)cc(COc2ncc(F)c(NSc3ccccc3C)n2)c1. The predicted octanol–water partition coefficient (Wildman–Crippen LogP) is 5.24. The van der Waals surface area contributed by atoms with Gasteiger partial charge in [0.2, 0.25) is 0 Å². The fourth-order valence-electron chi connectivity index (χ4n) is 2.57. The third kappa shape index (κ3) is 4.73. The molecule has 0 fully saturated rings. The summed E-state index contributed by atoms with van der Waals surface area (Å²) in [6, 6.07) is 14.2. The average Bonchev–Trinajstić information content (AvgIpc) is 2.60. The van der Waals surface area contributed by atoms with Crippen LogP contribution in [0.3, 0.4) is 0 Å². The van der Waals surface area contributed by atoms with Crippen molar-refractivity contribution in [1.29, 1.82) is 0 Å². The molecule has 3 rings (SSSR count). The van der Waals surface area contributed by atoms with Crippen LogP contribution in [0.2, 0.25) is 0 Å². The number of aromatic nitrogens is 2. The van der Waals surface area contributed by atoms with Gasteiger partial charge in [0.1, 0.15) is 6.61 Å². The van der Waals surface area contributed by atoms with Gasteiger partial charge in [-0.1, -0.05) is 47.5 Å². The number of nitrogens with zero attached hydrogens (tertiary/aromatic N) is 2. The van der Waals surface area contributed by atoms with Crippen LogP contribution in [0.15, 0.2) is 53.6 Å². The first kappa shape index (κ1) is 18.2. The first-order chi connectivity index (χ1) is 12.5. The van der Waals surface area contributed by atoms with Gasteiger partial charge in [-0.2, -0.15) is 4.98 Å². The monoisotopic (exact) mass is 369 g/mol. The Morgan fingerprint density at radius 2 is 1.81 bits per heavy atom. The van der Waals surface area contributed by atoms with Crippen LogP contribution in [0, 0.1) is 26.6 Å². The van der Waals surface area contributed by atoms with Crippen molar-refractivity contribution < 1.29 is 9.13 Å². The van der Waals surface area contributed by atoms with E-state index in [-0.39, 0.29) is 11.8 Å². The Labute approximate surface area is 157 Å². The molecule has 0 atom stereocenters. The van der Waals surface area contributed by atoms with Gasteiger partial charge in [0.05, 0.1) is 6.20 Å². The Balaban J connectivity index is 1.68. The normalized spacial score (nSPS) is 10.6. The minimum absolute atomic E-state index is 0.101. The summed E-state index contributed by atoms with van der Waals surface area (Å²) in [6.45, 7) is 6.41. The molecule has 1 aromatic heterocycles. The average molecular weight is 369 g/mol. The Morgan fingerprint density at radius 1 is 1.08 bits per heavy atom. The standard InChI is InChI=1S/C20H20FN3OS/c1-13-8-14(2)10-16(9-13)12-25-20-22-11-17(21)19(23-20)24-26-18-7-5-4-6-15(18)3/h4-11H,12H2,1-3H3,(H,22,23,24). The lowest BCUT2D eigenvalue weighted by Gasteiger charge is -2.10. The number of benzene rings is 2. The zero-order chi connectivity index (χ0) is 18.5. The largest absolute Gasteiger partial charge is 0.459 e. The van der Waals surface area contributed by atoms with Crippen LogP contribution >= 0.6 is 11.9 Å². The van der Waals surface area contributed by atoms with Crippen LogP contribution in [-0.4, -0.2) is 9.97 Å². The predicted molar refractivity (Wildman–Crippen MR) is 103 cm³/mol. The third-order valence-electron chi connectivity index (χ3n) is 3.72. The first-order valence-electron chi connectivity index (χ1n) is 8.22. The van der Waals surface area contributed by atoms with Crippen molar-refractivity contribution in [1.82, 2.24) is 9.97 Å². The summed E-state index contributed by atoms with van der Waals surface area (Å²) in [6.07, 6.45) is 1.12. The Morgan fingerprint density at radius 3 is 2.54 bits per heavy atom. The number of ether oxygens (including phenoxy) is 1. The zero-order valence-electron chi connectivity index (χ0n) is 14.9. The summed E-state index contributed by atoms with van der Waals surface area (Å²) < 4.78 is 22.6. The molecule has 0 bridgehead atoms. The number of aryl methyl sites for hydroxylation is 3. The molecule has 0 radical (unpaired) electrons. The number of halogens is 1. The molecule has 0 spiro atoms. The Kier molecular flexibility index (Phi) is 5.73. The number of hydrogen-bond donors (Lipinski definition) is 1. The lowest BCUT2D eigenvalue weighted by atomic mass is 10.1. The summed E-state index contributed by atoms with van der Waals surface area (Å²) >= 11 is 1.31. The quantitative estimate of drug-likeness (QED) is 0.602. The summed E-state index contributed by atoms with van der Waals surface area (Å²) in [5, 5.41) is 0. The smallest absolute Gasteiger partial charge is 0.318 e. The molecule has 0 aliphatic heterocycles. The molecule has 134 valence electrons. The van der Waals surface area contributed by atoms with Crippen molar-refractivity contribution >= 4 is 17.8 Å². The van der Waals surface area contributed by atoms with Gasteiger partial charge >= 0.3 is 6.01 Å². The molecule has 0 aliphatic rings. The zero-order valence-corrected chi connectivity index (χ0v) is 15.7. The molecule has 1 heterocycles. The maximum atomic E-state index is 14.0. The van der Waals surface area contributed by atoms with Gasteiger partial charge in [0.25, 0.3) is 0 Å². The molecule has 1 N–H and O–H groups in total. The first-order valence-corrected chi connectivity index (χ1v) is 9.04. The molecule has 2 aromatic carbocycles. The van der Waals surface area contributed by atoms with E-state index >= 15 is 0 Å². The van der Waals surface area contributed by atoms with Gasteiger partial charge in [0.15, 0.2) is 11.6 Å². The molecule has 6 heteroatoms. The van der Waals surface area contributed by atoms with E-state index in [0.29, 0.717) is 6.61 Å². The Bertz CT molecular complexity index is 897. The van der Waals surface area contributed by atoms with E-state index in [2.05, 4.69) is 20.8 Å². The van der Waals surface area contributed by atoms with Crippen molar-refractivity contribution in [3.8, 4) is 6.01 Å². The highest BCUT2D eigenvalue weighted by molar-refractivity contribution is 8.00. The minimum atomic E-state index is -0.523. The fraction of sp³-hybridized carbons (Fsp3) is 0.200. The molecule has 0 aliphatic carbocycles. The summed E-state index contributed by atoms with van der Waals surface area (Å²) in [7, 11) is 0. The van der Waals surface area contributed by atoms with Crippen LogP contribution in [0.4, 0.5) is 10.2 Å². The van der Waals surface area contributed by atoms with Gasteiger partial charge in [-0.15, -0.1) is 0 Å². The highest BCUT2D eigenvalue weighted by atomic mass is 32.2. The van der Waals surface area contributed by atoms with Crippen molar-refractivity contribution in [3.63, 3.8) is 0 Å². The highest BCUT2D eigenvalue weighted by Gasteiger charge is 2.09. The van der Waals surface area contributed by atoms with Gasteiger partial charge in [-0.25, -0.2) is 9.37 Å². The van der Waals surface area contributed by atoms with Crippen molar-refractivity contribution in [3.05, 3.63) is 76.7 Å². The van der Waals surface area contributed by atoms with Gasteiger partial charge in [-0.05, 0) is 49.9 Å². The minimum Gasteiger partial charge on any atom is -0.459 e. The maximum absolute atomic E-state index is 14.0. The van der Waals surface area contributed by atoms with Gasteiger partial charge in [0, 0.05) is 4.90 Å². The van der Waals surface area contributed by atoms with E-state index in [1.54, 1.807) is 0 Å². The second-order valence-electron chi connectivity index (χ2n) is 6.10. The molecule has 0 amide bonds. The van der Waals surface area contributed by atoms with E-state index < -0.39 is 5.82 Å². The highest BCUT2D eigenvalue weighted by Crippen LogP contribution is 2.25. The molecular formula is C20H20FN3OS. The van der Waals surface area contributed by atoms with Gasteiger partial charge in [-0.3, -0.25) is 0 Å². The van der Waals surface area contributed by atoms with Crippen molar-refractivity contribution in [2.45, 2.75) is 32.3 Å². The van der Waals surface area contributed by atoms with Crippen LogP contribution in [0.5, 0.6) is 6.01 Å². The molecule has 4 nitrogen and oxygen atoms in total. The number of anilines is 1. The van der Waals surface area contributed by atoms with E-state index in [9.17, 15) is 4.39 Å². The molecule has 0 unspecified atom stereocenters. The summed E-state index contributed by atoms with van der Waals surface area (Å²) in [4.78, 5) is 9.05. The van der Waals surface area contributed by atoms with Crippen LogP contribution in [0.1, 0.15) is 22.3 Å². The van der Waals surface area contributed by atoms with Crippen LogP contribution in [-0.2, 0) is 6.61 Å². The summed E-state index contributed by atoms with van der Waals surface area (Å²) in [5.41, 5.74) is 4.46. The van der Waals surface area contributed by atoms with Crippen molar-refractivity contribution in [2.24, 2.45) is 0 Å². The second-order valence-corrected chi connectivity index (χ2v) is 6.95. The molecule has 0 saturated carbocycles. The Hall–Kier alpha value is -2.60. The number of hydrogen-bond acceptors (Lipinski definition) is 5. The maximum Gasteiger partial charge on any atom is 0.318 e. The third-order valence-corrected chi connectivity index (χ3v) is 4.70.